The minimum atomic E-state index is 0.304. The molecule has 0 spiro atoms. The molecule has 0 atom stereocenters. The number of halogens is 1. The molecule has 2 aromatic carbocycles. The van der Waals surface area contributed by atoms with Gasteiger partial charge in [0.2, 0.25) is 0 Å². The number of hydrogen-bond donors (Lipinski definition) is 1. The van der Waals surface area contributed by atoms with Crippen molar-refractivity contribution in [2.45, 2.75) is 6.92 Å². The topological polar surface area (TPSA) is 44.5 Å². The number of rotatable bonds is 5. The molecule has 2 N–H and O–H groups in total. The molecule has 0 unspecified atom stereocenters. The second kappa shape index (κ2) is 6.72. The maximum Gasteiger partial charge on any atom is 0.138 e. The van der Waals surface area contributed by atoms with Crippen molar-refractivity contribution in [3.05, 3.63) is 52.5 Å². The van der Waals surface area contributed by atoms with Crippen LogP contribution >= 0.6 is 28.1 Å². The Morgan fingerprint density at radius 2 is 1.80 bits per heavy atom. The predicted octanol–water partition coefficient (Wildman–Crippen LogP) is 4.27. The Morgan fingerprint density at radius 3 is 2.40 bits per heavy atom. The van der Waals surface area contributed by atoms with Gasteiger partial charge in [0.15, 0.2) is 0 Å². The zero-order valence-electron chi connectivity index (χ0n) is 10.9. The maximum absolute atomic E-state index is 5.83. The van der Waals surface area contributed by atoms with E-state index < -0.39 is 0 Å². The molecular formula is C15H14BrNO2S. The third-order valence-corrected chi connectivity index (χ3v) is 3.28. The lowest BCUT2D eigenvalue weighted by molar-refractivity contribution is 0.339. The first-order valence-electron chi connectivity index (χ1n) is 6.10. The van der Waals surface area contributed by atoms with Crippen LogP contribution in [0.1, 0.15) is 12.5 Å². The number of ether oxygens (including phenoxy) is 2. The molecule has 0 fully saturated rings. The van der Waals surface area contributed by atoms with Crippen LogP contribution in [0.25, 0.3) is 0 Å². The zero-order valence-corrected chi connectivity index (χ0v) is 13.3. The van der Waals surface area contributed by atoms with Crippen LogP contribution in [0.3, 0.4) is 0 Å². The van der Waals surface area contributed by atoms with Gasteiger partial charge in [-0.25, -0.2) is 0 Å². The van der Waals surface area contributed by atoms with Crippen molar-refractivity contribution in [3.63, 3.8) is 0 Å². The lowest BCUT2D eigenvalue weighted by atomic mass is 10.2. The van der Waals surface area contributed by atoms with Crippen LogP contribution in [0, 0.1) is 0 Å². The van der Waals surface area contributed by atoms with E-state index in [-0.39, 0.29) is 0 Å². The van der Waals surface area contributed by atoms with Crippen molar-refractivity contribution in [2.75, 3.05) is 6.61 Å². The van der Waals surface area contributed by atoms with Gasteiger partial charge >= 0.3 is 0 Å². The Bertz CT molecular complexity index is 614. The first-order chi connectivity index (χ1) is 9.60. The van der Waals surface area contributed by atoms with E-state index in [1.54, 1.807) is 0 Å². The molecule has 0 saturated carbocycles. The summed E-state index contributed by atoms with van der Waals surface area (Å²) in [6.45, 7) is 2.58. The SMILES string of the molecule is CCOc1ccc(Oc2cc(Br)ccc2C(N)=S)cc1. The third kappa shape index (κ3) is 3.71. The van der Waals surface area contributed by atoms with Gasteiger partial charge in [-0.3, -0.25) is 0 Å². The molecule has 0 radical (unpaired) electrons. The molecule has 2 aromatic rings. The molecule has 20 heavy (non-hydrogen) atoms. The molecule has 0 aromatic heterocycles. The fraction of sp³-hybridized carbons (Fsp3) is 0.133. The van der Waals surface area contributed by atoms with Crippen molar-refractivity contribution >= 4 is 33.1 Å². The van der Waals surface area contributed by atoms with E-state index in [1.807, 2.05) is 49.4 Å². The quantitative estimate of drug-likeness (QED) is 0.816. The summed E-state index contributed by atoms with van der Waals surface area (Å²) < 4.78 is 12.1. The van der Waals surface area contributed by atoms with Crippen LogP contribution in [-0.4, -0.2) is 11.6 Å². The molecule has 2 rings (SSSR count). The first kappa shape index (κ1) is 14.8. The Labute approximate surface area is 131 Å². The van der Waals surface area contributed by atoms with Gasteiger partial charge in [0.05, 0.1) is 12.2 Å². The summed E-state index contributed by atoms with van der Waals surface area (Å²) in [5, 5.41) is 0. The minimum Gasteiger partial charge on any atom is -0.494 e. The number of benzene rings is 2. The van der Waals surface area contributed by atoms with Crippen molar-refractivity contribution in [1.82, 2.24) is 0 Å². The maximum atomic E-state index is 5.83. The van der Waals surface area contributed by atoms with E-state index in [0.29, 0.717) is 28.7 Å². The monoisotopic (exact) mass is 351 g/mol. The van der Waals surface area contributed by atoms with E-state index in [4.69, 9.17) is 27.4 Å². The Kier molecular flexibility index (Phi) is 4.98. The zero-order chi connectivity index (χ0) is 14.5. The average molecular weight is 352 g/mol. The Morgan fingerprint density at radius 1 is 1.15 bits per heavy atom. The lowest BCUT2D eigenvalue weighted by Gasteiger charge is -2.11. The van der Waals surface area contributed by atoms with E-state index in [0.717, 1.165) is 10.2 Å². The summed E-state index contributed by atoms with van der Waals surface area (Å²) in [5.74, 6) is 2.13. The van der Waals surface area contributed by atoms with Crippen molar-refractivity contribution < 1.29 is 9.47 Å². The van der Waals surface area contributed by atoms with Crippen molar-refractivity contribution in [3.8, 4) is 17.2 Å². The normalized spacial score (nSPS) is 10.1. The molecule has 0 aliphatic rings. The van der Waals surface area contributed by atoms with Gasteiger partial charge in [0, 0.05) is 4.47 Å². The van der Waals surface area contributed by atoms with Crippen LogP contribution in [0.15, 0.2) is 46.9 Å². The standard InChI is InChI=1S/C15H14BrNO2S/c1-2-18-11-4-6-12(7-5-11)19-14-9-10(16)3-8-13(14)15(17)20/h3-9H,2H2,1H3,(H2,17,20). The molecular weight excluding hydrogens is 338 g/mol. The fourth-order valence-corrected chi connectivity index (χ4v) is 2.19. The van der Waals surface area contributed by atoms with E-state index in [1.165, 1.54) is 0 Å². The van der Waals surface area contributed by atoms with Crippen LogP contribution in [0.5, 0.6) is 17.2 Å². The number of thiocarbonyl (C=S) groups is 1. The Balaban J connectivity index is 2.25. The number of nitrogens with two attached hydrogens (primary N) is 1. The van der Waals surface area contributed by atoms with E-state index in [9.17, 15) is 0 Å². The molecule has 5 heteroatoms. The Hall–Kier alpha value is -1.59. The van der Waals surface area contributed by atoms with Crippen LogP contribution in [0.4, 0.5) is 0 Å². The van der Waals surface area contributed by atoms with E-state index >= 15 is 0 Å². The summed E-state index contributed by atoms with van der Waals surface area (Å²) in [4.78, 5) is 0.304. The third-order valence-electron chi connectivity index (χ3n) is 2.57. The highest BCUT2D eigenvalue weighted by atomic mass is 79.9. The first-order valence-corrected chi connectivity index (χ1v) is 7.30. The average Bonchev–Trinajstić information content (AvgIpc) is 2.41. The molecule has 0 bridgehead atoms. The molecule has 3 nitrogen and oxygen atoms in total. The largest absolute Gasteiger partial charge is 0.494 e. The summed E-state index contributed by atoms with van der Waals surface area (Å²) in [5.41, 5.74) is 6.40. The van der Waals surface area contributed by atoms with Crippen molar-refractivity contribution in [2.24, 2.45) is 5.73 Å². The van der Waals surface area contributed by atoms with Crippen LogP contribution in [0.2, 0.25) is 0 Å². The van der Waals surface area contributed by atoms with Gasteiger partial charge in [-0.1, -0.05) is 28.1 Å². The number of hydrogen-bond acceptors (Lipinski definition) is 3. The highest BCUT2D eigenvalue weighted by Crippen LogP contribution is 2.29. The fourth-order valence-electron chi connectivity index (χ4n) is 1.68. The van der Waals surface area contributed by atoms with Gasteiger partial charge in [-0.05, 0) is 49.4 Å². The molecule has 0 aliphatic heterocycles. The molecule has 0 amide bonds. The van der Waals surface area contributed by atoms with Crippen molar-refractivity contribution in [1.29, 1.82) is 0 Å². The molecule has 0 heterocycles. The van der Waals surface area contributed by atoms with E-state index in [2.05, 4.69) is 15.9 Å². The predicted molar refractivity (Wildman–Crippen MR) is 87.7 cm³/mol. The summed E-state index contributed by atoms with van der Waals surface area (Å²) in [7, 11) is 0. The van der Waals surface area contributed by atoms with Crippen LogP contribution in [-0.2, 0) is 0 Å². The smallest absolute Gasteiger partial charge is 0.138 e. The minimum absolute atomic E-state index is 0.304. The molecule has 0 saturated heterocycles. The van der Waals surface area contributed by atoms with Gasteiger partial charge in [0.1, 0.15) is 22.2 Å². The van der Waals surface area contributed by atoms with Gasteiger partial charge in [-0.2, -0.15) is 0 Å². The highest BCUT2D eigenvalue weighted by molar-refractivity contribution is 9.10. The second-order valence-electron chi connectivity index (χ2n) is 4.01. The van der Waals surface area contributed by atoms with Gasteiger partial charge in [0.25, 0.3) is 0 Å². The van der Waals surface area contributed by atoms with Gasteiger partial charge in [-0.15, -0.1) is 0 Å². The van der Waals surface area contributed by atoms with Crippen LogP contribution < -0.4 is 15.2 Å². The summed E-state index contributed by atoms with van der Waals surface area (Å²) in [6, 6.07) is 12.9. The highest BCUT2D eigenvalue weighted by Gasteiger charge is 2.08. The summed E-state index contributed by atoms with van der Waals surface area (Å²) in [6.07, 6.45) is 0. The molecule has 104 valence electrons. The summed E-state index contributed by atoms with van der Waals surface area (Å²) >= 11 is 8.43. The molecule has 0 aliphatic carbocycles. The lowest BCUT2D eigenvalue weighted by Crippen LogP contribution is -2.10. The van der Waals surface area contributed by atoms with Gasteiger partial charge < -0.3 is 15.2 Å². The second-order valence-corrected chi connectivity index (χ2v) is 5.37.